The second-order valence-electron chi connectivity index (χ2n) is 4.11. The quantitative estimate of drug-likeness (QED) is 0.708. The van der Waals surface area contributed by atoms with Gasteiger partial charge in [-0.25, -0.2) is 0 Å². The minimum atomic E-state index is -0.542. The number of amides is 3. The molecule has 1 aliphatic heterocycles. The lowest BCUT2D eigenvalue weighted by Crippen LogP contribution is -2.51. The highest BCUT2D eigenvalue weighted by Gasteiger charge is 2.30. The molecule has 98 valence electrons. The number of rotatable bonds is 1. The van der Waals surface area contributed by atoms with E-state index in [-0.39, 0.29) is 18.0 Å². The van der Waals surface area contributed by atoms with Gasteiger partial charge in [-0.1, -0.05) is 12.1 Å². The van der Waals surface area contributed by atoms with E-state index in [1.165, 1.54) is 25.1 Å². The van der Waals surface area contributed by atoms with Gasteiger partial charge in [0.2, 0.25) is 11.8 Å². The summed E-state index contributed by atoms with van der Waals surface area (Å²) in [6.07, 6.45) is 1.45. The Labute approximate surface area is 109 Å². The monoisotopic (exact) mass is 260 g/mol. The maximum atomic E-state index is 12.0. The van der Waals surface area contributed by atoms with E-state index < -0.39 is 17.7 Å². The van der Waals surface area contributed by atoms with Crippen LogP contribution in [0.1, 0.15) is 12.5 Å². The highest BCUT2D eigenvalue weighted by Crippen LogP contribution is 2.14. The van der Waals surface area contributed by atoms with Crippen LogP contribution in [0.25, 0.3) is 6.08 Å². The molecule has 0 saturated carbocycles. The van der Waals surface area contributed by atoms with Crippen LogP contribution < -0.4 is 5.32 Å². The maximum Gasteiger partial charge on any atom is 0.277 e. The van der Waals surface area contributed by atoms with E-state index in [0.29, 0.717) is 5.56 Å². The molecule has 0 atom stereocenters. The summed E-state index contributed by atoms with van der Waals surface area (Å²) in [7, 11) is 0. The SMILES string of the molecule is CC(=O)N1CC(=O)N/C(=C\c2ccc(O)cc2)C1=O. The number of phenolic OH excluding ortho intramolecular Hbond substituents is 1. The third-order valence-corrected chi connectivity index (χ3v) is 2.64. The number of nitrogens with zero attached hydrogens (tertiary/aromatic N) is 1. The summed E-state index contributed by atoms with van der Waals surface area (Å²) in [6.45, 7) is 0.968. The number of aromatic hydroxyl groups is 1. The number of carbonyl (C=O) groups is 3. The summed E-state index contributed by atoms with van der Waals surface area (Å²) in [5.74, 6) is -1.33. The number of phenols is 1. The van der Waals surface area contributed by atoms with Gasteiger partial charge < -0.3 is 10.4 Å². The second-order valence-corrected chi connectivity index (χ2v) is 4.11. The smallest absolute Gasteiger partial charge is 0.277 e. The first-order chi connectivity index (χ1) is 8.97. The summed E-state index contributed by atoms with van der Waals surface area (Å²) >= 11 is 0. The molecular formula is C13H12N2O4. The molecule has 0 aromatic heterocycles. The molecule has 3 amide bonds. The van der Waals surface area contributed by atoms with Gasteiger partial charge >= 0.3 is 0 Å². The molecule has 0 aliphatic carbocycles. The van der Waals surface area contributed by atoms with Crippen molar-refractivity contribution >= 4 is 23.8 Å². The highest BCUT2D eigenvalue weighted by molar-refractivity contribution is 6.12. The Morgan fingerprint density at radius 3 is 2.53 bits per heavy atom. The van der Waals surface area contributed by atoms with Crippen molar-refractivity contribution < 1.29 is 19.5 Å². The van der Waals surface area contributed by atoms with Crippen LogP contribution in [0.3, 0.4) is 0 Å². The van der Waals surface area contributed by atoms with Crippen molar-refractivity contribution in [2.24, 2.45) is 0 Å². The van der Waals surface area contributed by atoms with E-state index in [2.05, 4.69) is 5.32 Å². The highest BCUT2D eigenvalue weighted by atomic mass is 16.3. The number of carbonyl (C=O) groups excluding carboxylic acids is 3. The Morgan fingerprint density at radius 1 is 1.32 bits per heavy atom. The van der Waals surface area contributed by atoms with Crippen molar-refractivity contribution in [2.75, 3.05) is 6.54 Å². The average molecular weight is 260 g/mol. The molecule has 0 spiro atoms. The number of imide groups is 1. The summed E-state index contributed by atoms with van der Waals surface area (Å²) in [6, 6.07) is 6.11. The molecule has 1 heterocycles. The summed E-state index contributed by atoms with van der Waals surface area (Å²) in [5.41, 5.74) is 0.670. The maximum absolute atomic E-state index is 12.0. The number of benzene rings is 1. The lowest BCUT2D eigenvalue weighted by molar-refractivity contribution is -0.147. The van der Waals surface area contributed by atoms with Crippen molar-refractivity contribution in [3.63, 3.8) is 0 Å². The summed E-state index contributed by atoms with van der Waals surface area (Å²) in [4.78, 5) is 35.5. The predicted octanol–water partition coefficient (Wildman–Crippen LogP) is 0.238. The molecule has 2 rings (SSSR count). The molecule has 1 aliphatic rings. The number of nitrogens with one attached hydrogen (secondary N) is 1. The van der Waals surface area contributed by atoms with E-state index >= 15 is 0 Å². The van der Waals surface area contributed by atoms with Gasteiger partial charge in [0.1, 0.15) is 18.0 Å². The van der Waals surface area contributed by atoms with Crippen LogP contribution in [0.2, 0.25) is 0 Å². The molecule has 1 aromatic carbocycles. The van der Waals surface area contributed by atoms with Crippen LogP contribution in [-0.2, 0) is 14.4 Å². The Kier molecular flexibility index (Phi) is 3.33. The van der Waals surface area contributed by atoms with Crippen LogP contribution in [0.5, 0.6) is 5.75 Å². The molecule has 6 heteroatoms. The molecule has 0 bridgehead atoms. The van der Waals surface area contributed by atoms with Crippen LogP contribution in [0.4, 0.5) is 0 Å². The normalized spacial score (nSPS) is 17.5. The third-order valence-electron chi connectivity index (χ3n) is 2.64. The minimum Gasteiger partial charge on any atom is -0.508 e. The molecular weight excluding hydrogens is 248 g/mol. The van der Waals surface area contributed by atoms with Crippen LogP contribution in [-0.4, -0.2) is 34.3 Å². The van der Waals surface area contributed by atoms with E-state index in [9.17, 15) is 14.4 Å². The molecule has 2 N–H and O–H groups in total. The largest absolute Gasteiger partial charge is 0.508 e. The van der Waals surface area contributed by atoms with Gasteiger partial charge in [0.05, 0.1) is 0 Å². The molecule has 1 aromatic rings. The lowest BCUT2D eigenvalue weighted by Gasteiger charge is -2.25. The molecule has 0 radical (unpaired) electrons. The zero-order valence-corrected chi connectivity index (χ0v) is 10.2. The minimum absolute atomic E-state index is 0.0390. The average Bonchev–Trinajstić information content (AvgIpc) is 2.35. The number of hydrogen-bond donors (Lipinski definition) is 2. The fourth-order valence-electron chi connectivity index (χ4n) is 1.69. The Balaban J connectivity index is 2.32. The molecule has 1 fully saturated rings. The van der Waals surface area contributed by atoms with Gasteiger partial charge in [0.15, 0.2) is 0 Å². The fraction of sp³-hybridized carbons (Fsp3) is 0.154. The van der Waals surface area contributed by atoms with Crippen molar-refractivity contribution in [3.05, 3.63) is 35.5 Å². The topological polar surface area (TPSA) is 86.7 Å². The Bertz CT molecular complexity index is 575. The standard InChI is InChI=1S/C13H12N2O4/c1-8(16)15-7-12(18)14-11(13(15)19)6-9-2-4-10(17)5-3-9/h2-6,17H,7H2,1H3,(H,14,18)/b11-6-. The molecule has 6 nitrogen and oxygen atoms in total. The molecule has 1 saturated heterocycles. The van der Waals surface area contributed by atoms with E-state index in [1.807, 2.05) is 0 Å². The van der Waals surface area contributed by atoms with Gasteiger partial charge in [0, 0.05) is 6.92 Å². The van der Waals surface area contributed by atoms with Crippen molar-refractivity contribution in [1.29, 1.82) is 0 Å². The predicted molar refractivity (Wildman–Crippen MR) is 66.6 cm³/mol. The van der Waals surface area contributed by atoms with E-state index in [1.54, 1.807) is 12.1 Å². The van der Waals surface area contributed by atoms with Gasteiger partial charge in [-0.05, 0) is 23.8 Å². The second kappa shape index (κ2) is 4.93. The summed E-state index contributed by atoms with van der Waals surface area (Å²) in [5, 5.41) is 11.6. The first-order valence-electron chi connectivity index (χ1n) is 5.60. The van der Waals surface area contributed by atoms with E-state index in [4.69, 9.17) is 5.11 Å². The van der Waals surface area contributed by atoms with Gasteiger partial charge in [0.25, 0.3) is 5.91 Å². The first kappa shape index (κ1) is 12.8. The zero-order valence-electron chi connectivity index (χ0n) is 10.2. The van der Waals surface area contributed by atoms with Crippen LogP contribution in [0.15, 0.2) is 30.0 Å². The van der Waals surface area contributed by atoms with E-state index in [0.717, 1.165) is 4.90 Å². The van der Waals surface area contributed by atoms with Crippen molar-refractivity contribution in [1.82, 2.24) is 10.2 Å². The summed E-state index contributed by atoms with van der Waals surface area (Å²) < 4.78 is 0. The van der Waals surface area contributed by atoms with Gasteiger partial charge in [-0.3, -0.25) is 19.3 Å². The van der Waals surface area contributed by atoms with Crippen molar-refractivity contribution in [3.8, 4) is 5.75 Å². The van der Waals surface area contributed by atoms with Gasteiger partial charge in [-0.2, -0.15) is 0 Å². The third kappa shape index (κ3) is 2.79. The van der Waals surface area contributed by atoms with Gasteiger partial charge in [-0.15, -0.1) is 0 Å². The number of piperazine rings is 1. The molecule has 0 unspecified atom stereocenters. The zero-order chi connectivity index (χ0) is 14.0. The Hall–Kier alpha value is -2.63. The molecule has 19 heavy (non-hydrogen) atoms. The lowest BCUT2D eigenvalue weighted by atomic mass is 10.1. The van der Waals surface area contributed by atoms with Crippen LogP contribution >= 0.6 is 0 Å². The number of hydrogen-bond acceptors (Lipinski definition) is 4. The fourth-order valence-corrected chi connectivity index (χ4v) is 1.69. The van der Waals surface area contributed by atoms with Crippen LogP contribution in [0, 0.1) is 0 Å². The van der Waals surface area contributed by atoms with Crippen molar-refractivity contribution in [2.45, 2.75) is 6.92 Å². The Morgan fingerprint density at radius 2 is 1.95 bits per heavy atom. The first-order valence-corrected chi connectivity index (χ1v) is 5.60.